The van der Waals surface area contributed by atoms with E-state index in [1.54, 1.807) is 0 Å². The Kier molecular flexibility index (Phi) is 1.72. The maximum absolute atomic E-state index is 5.85. The molecule has 0 amide bonds. The smallest absolute Gasteiger partial charge is 0.125 e. The van der Waals surface area contributed by atoms with Crippen LogP contribution in [0.2, 0.25) is 0 Å². The summed E-state index contributed by atoms with van der Waals surface area (Å²) in [5.74, 6) is 0.955. The van der Waals surface area contributed by atoms with Crippen LogP contribution < -0.4 is 10.5 Å². The third kappa shape index (κ3) is 1.48. The number of hydrogen-bond acceptors (Lipinski definition) is 2. The lowest BCUT2D eigenvalue weighted by Crippen LogP contribution is -2.32. The topological polar surface area (TPSA) is 35.2 Å². The van der Waals surface area contributed by atoms with E-state index in [1.807, 2.05) is 18.2 Å². The molecule has 2 heteroatoms. The van der Waals surface area contributed by atoms with Gasteiger partial charge in [-0.2, -0.15) is 0 Å². The zero-order valence-corrected chi connectivity index (χ0v) is 8.13. The number of benzene rings is 1. The van der Waals surface area contributed by atoms with Crippen LogP contribution in [-0.4, -0.2) is 5.60 Å². The lowest BCUT2D eigenvalue weighted by atomic mass is 9.93. The van der Waals surface area contributed by atoms with Crippen LogP contribution in [0.4, 0.5) is 5.69 Å². The summed E-state index contributed by atoms with van der Waals surface area (Å²) < 4.78 is 5.82. The van der Waals surface area contributed by atoms with Gasteiger partial charge in [-0.15, -0.1) is 0 Å². The van der Waals surface area contributed by atoms with Crippen LogP contribution in [0.5, 0.6) is 5.75 Å². The van der Waals surface area contributed by atoms with Crippen molar-refractivity contribution in [3.63, 3.8) is 0 Å². The Bertz CT molecular complexity index is 331. The first-order valence-corrected chi connectivity index (χ1v) is 4.65. The van der Waals surface area contributed by atoms with Crippen molar-refractivity contribution < 1.29 is 4.74 Å². The molecule has 1 aromatic rings. The molecule has 0 saturated carbocycles. The number of nitrogen functional groups attached to an aromatic ring is 1. The fraction of sp³-hybridized carbons (Fsp3) is 0.455. The second kappa shape index (κ2) is 2.66. The van der Waals surface area contributed by atoms with Gasteiger partial charge in [0, 0.05) is 11.3 Å². The first-order valence-electron chi connectivity index (χ1n) is 4.65. The number of ether oxygens (including phenoxy) is 1. The minimum absolute atomic E-state index is 0.0409. The Balaban J connectivity index is 2.42. The van der Waals surface area contributed by atoms with Gasteiger partial charge in [0.2, 0.25) is 0 Å². The van der Waals surface area contributed by atoms with Crippen LogP contribution in [0.15, 0.2) is 18.2 Å². The van der Waals surface area contributed by atoms with Crippen molar-refractivity contribution in [3.8, 4) is 5.75 Å². The number of fused-ring (bicyclic) bond motifs is 1. The van der Waals surface area contributed by atoms with Crippen molar-refractivity contribution in [3.05, 3.63) is 23.8 Å². The molecule has 1 aliphatic rings. The van der Waals surface area contributed by atoms with E-state index in [9.17, 15) is 0 Å². The van der Waals surface area contributed by atoms with Crippen molar-refractivity contribution in [2.45, 2.75) is 32.3 Å². The molecule has 2 rings (SSSR count). The van der Waals surface area contributed by atoms with E-state index < -0.39 is 0 Å². The molecule has 0 unspecified atom stereocenters. The first-order chi connectivity index (χ1) is 6.08. The molecule has 0 spiro atoms. The van der Waals surface area contributed by atoms with Gasteiger partial charge in [0.1, 0.15) is 11.4 Å². The monoisotopic (exact) mass is 177 g/mol. The van der Waals surface area contributed by atoms with E-state index in [0.717, 1.165) is 24.3 Å². The molecule has 2 N–H and O–H groups in total. The Labute approximate surface area is 78.7 Å². The van der Waals surface area contributed by atoms with Gasteiger partial charge in [-0.25, -0.2) is 0 Å². The summed E-state index contributed by atoms with van der Waals surface area (Å²) in [5, 5.41) is 0. The molecular formula is C11H15NO. The third-order valence-electron chi connectivity index (χ3n) is 2.53. The van der Waals surface area contributed by atoms with Crippen LogP contribution in [0.1, 0.15) is 25.8 Å². The van der Waals surface area contributed by atoms with Crippen molar-refractivity contribution in [1.82, 2.24) is 0 Å². The Hall–Kier alpha value is -1.18. The molecule has 0 radical (unpaired) electrons. The van der Waals surface area contributed by atoms with E-state index in [4.69, 9.17) is 10.5 Å². The zero-order chi connectivity index (χ0) is 9.47. The zero-order valence-electron chi connectivity index (χ0n) is 8.13. The largest absolute Gasteiger partial charge is 0.487 e. The minimum Gasteiger partial charge on any atom is -0.487 e. The van der Waals surface area contributed by atoms with Gasteiger partial charge in [-0.1, -0.05) is 6.07 Å². The SMILES string of the molecule is CC1(C)CCc2c(N)cccc2O1. The van der Waals surface area contributed by atoms with E-state index in [-0.39, 0.29) is 5.60 Å². The van der Waals surface area contributed by atoms with Gasteiger partial charge < -0.3 is 10.5 Å². The fourth-order valence-corrected chi connectivity index (χ4v) is 1.72. The van der Waals surface area contributed by atoms with Gasteiger partial charge >= 0.3 is 0 Å². The van der Waals surface area contributed by atoms with Crippen LogP contribution in [-0.2, 0) is 6.42 Å². The van der Waals surface area contributed by atoms with Gasteiger partial charge in [0.05, 0.1) is 0 Å². The lowest BCUT2D eigenvalue weighted by molar-refractivity contribution is 0.0850. The summed E-state index contributed by atoms with van der Waals surface area (Å²) in [6.45, 7) is 4.22. The maximum atomic E-state index is 5.85. The van der Waals surface area contributed by atoms with Gasteiger partial charge in [-0.3, -0.25) is 0 Å². The molecule has 0 saturated heterocycles. The number of nitrogens with two attached hydrogens (primary N) is 1. The Morgan fingerprint density at radius 2 is 2.15 bits per heavy atom. The Morgan fingerprint density at radius 3 is 2.92 bits per heavy atom. The van der Waals surface area contributed by atoms with Crippen molar-refractivity contribution in [1.29, 1.82) is 0 Å². The predicted molar refractivity (Wildman–Crippen MR) is 53.9 cm³/mol. The maximum Gasteiger partial charge on any atom is 0.125 e. The lowest BCUT2D eigenvalue weighted by Gasteiger charge is -2.33. The molecule has 1 aliphatic heterocycles. The highest BCUT2D eigenvalue weighted by atomic mass is 16.5. The van der Waals surface area contributed by atoms with Crippen molar-refractivity contribution in [2.75, 3.05) is 5.73 Å². The molecular weight excluding hydrogens is 162 g/mol. The van der Waals surface area contributed by atoms with E-state index in [0.29, 0.717) is 0 Å². The summed E-state index contributed by atoms with van der Waals surface area (Å²) in [7, 11) is 0. The van der Waals surface area contributed by atoms with Crippen LogP contribution >= 0.6 is 0 Å². The van der Waals surface area contributed by atoms with E-state index in [1.165, 1.54) is 5.56 Å². The van der Waals surface area contributed by atoms with Gasteiger partial charge in [0.25, 0.3) is 0 Å². The second-order valence-electron chi connectivity index (χ2n) is 4.19. The van der Waals surface area contributed by atoms with Crippen LogP contribution in [0.25, 0.3) is 0 Å². The highest BCUT2D eigenvalue weighted by Crippen LogP contribution is 2.35. The summed E-state index contributed by atoms with van der Waals surface area (Å²) in [5.41, 5.74) is 7.83. The molecule has 13 heavy (non-hydrogen) atoms. The number of rotatable bonds is 0. The van der Waals surface area contributed by atoms with E-state index >= 15 is 0 Å². The van der Waals surface area contributed by atoms with Gasteiger partial charge in [-0.05, 0) is 38.8 Å². The van der Waals surface area contributed by atoms with E-state index in [2.05, 4.69) is 13.8 Å². The molecule has 1 aromatic carbocycles. The summed E-state index contributed by atoms with van der Waals surface area (Å²) in [6, 6.07) is 5.86. The molecule has 0 aliphatic carbocycles. The first kappa shape index (κ1) is 8.42. The van der Waals surface area contributed by atoms with Crippen LogP contribution in [0.3, 0.4) is 0 Å². The highest BCUT2D eigenvalue weighted by molar-refractivity contribution is 5.55. The molecule has 0 fully saturated rings. The molecule has 70 valence electrons. The average Bonchev–Trinajstić information content (AvgIpc) is 2.02. The molecule has 1 heterocycles. The molecule has 0 aromatic heterocycles. The molecule has 2 nitrogen and oxygen atoms in total. The van der Waals surface area contributed by atoms with Crippen LogP contribution in [0, 0.1) is 0 Å². The molecule has 0 bridgehead atoms. The quantitative estimate of drug-likeness (QED) is 0.617. The summed E-state index contributed by atoms with van der Waals surface area (Å²) >= 11 is 0. The standard InChI is InChI=1S/C11H15NO/c1-11(2)7-6-8-9(12)4-3-5-10(8)13-11/h3-5H,6-7,12H2,1-2H3. The summed E-state index contributed by atoms with van der Waals surface area (Å²) in [6.07, 6.45) is 2.06. The third-order valence-corrected chi connectivity index (χ3v) is 2.53. The highest BCUT2D eigenvalue weighted by Gasteiger charge is 2.27. The minimum atomic E-state index is -0.0409. The number of hydrogen-bond donors (Lipinski definition) is 1. The second-order valence-corrected chi connectivity index (χ2v) is 4.19. The average molecular weight is 177 g/mol. The van der Waals surface area contributed by atoms with Crippen molar-refractivity contribution in [2.24, 2.45) is 0 Å². The van der Waals surface area contributed by atoms with Gasteiger partial charge in [0.15, 0.2) is 0 Å². The Morgan fingerprint density at radius 1 is 1.38 bits per heavy atom. The fourth-order valence-electron chi connectivity index (χ4n) is 1.72. The predicted octanol–water partition coefficient (Wildman–Crippen LogP) is 2.37. The molecule has 0 atom stereocenters. The summed E-state index contributed by atoms with van der Waals surface area (Å²) in [4.78, 5) is 0. The number of anilines is 1. The normalized spacial score (nSPS) is 18.9. The van der Waals surface area contributed by atoms with Crippen molar-refractivity contribution >= 4 is 5.69 Å².